The SMILES string of the molecule is CCN(CC)C(=O)C[C@H]1c2nc(NC(=O)c3ccco3)sc2C[C@H]2[C@](C)(CO)[C@H](O)CC[C@]21C. The number of carbonyl (C=O) groups is 2. The van der Waals surface area contributed by atoms with Crippen molar-refractivity contribution in [2.75, 3.05) is 25.0 Å². The summed E-state index contributed by atoms with van der Waals surface area (Å²) in [5.41, 5.74) is -0.137. The van der Waals surface area contributed by atoms with E-state index in [0.29, 0.717) is 37.5 Å². The van der Waals surface area contributed by atoms with Crippen LogP contribution in [0, 0.1) is 16.7 Å². The first-order valence-electron chi connectivity index (χ1n) is 12.1. The minimum atomic E-state index is -0.678. The number of aliphatic hydroxyl groups is 2. The number of fused-ring (bicyclic) bond motifs is 2. The van der Waals surface area contributed by atoms with Crippen LogP contribution in [0.1, 0.15) is 74.0 Å². The minimum Gasteiger partial charge on any atom is -0.459 e. The van der Waals surface area contributed by atoms with Gasteiger partial charge in [-0.2, -0.15) is 0 Å². The van der Waals surface area contributed by atoms with Gasteiger partial charge < -0.3 is 19.5 Å². The molecular formula is C25H35N3O5S. The molecule has 2 aliphatic carbocycles. The molecule has 5 atom stereocenters. The van der Waals surface area contributed by atoms with Crippen LogP contribution >= 0.6 is 11.3 Å². The Labute approximate surface area is 204 Å². The molecule has 2 amide bonds. The molecule has 1 saturated carbocycles. The number of hydrogen-bond acceptors (Lipinski definition) is 7. The van der Waals surface area contributed by atoms with Crippen molar-refractivity contribution in [3.05, 3.63) is 34.7 Å². The van der Waals surface area contributed by atoms with Crippen molar-refractivity contribution in [1.82, 2.24) is 9.88 Å². The highest BCUT2D eigenvalue weighted by Gasteiger charge is 2.59. The van der Waals surface area contributed by atoms with E-state index >= 15 is 0 Å². The average Bonchev–Trinajstić information content (AvgIpc) is 3.49. The summed E-state index contributed by atoms with van der Waals surface area (Å²) < 4.78 is 5.20. The molecule has 186 valence electrons. The van der Waals surface area contributed by atoms with E-state index in [1.54, 1.807) is 12.1 Å². The second-order valence-corrected chi connectivity index (χ2v) is 11.1. The maximum Gasteiger partial charge on any atom is 0.293 e. The molecule has 4 rings (SSSR count). The second-order valence-electron chi connectivity index (χ2n) is 10.1. The smallest absolute Gasteiger partial charge is 0.293 e. The highest BCUT2D eigenvalue weighted by molar-refractivity contribution is 7.15. The van der Waals surface area contributed by atoms with Crippen molar-refractivity contribution >= 4 is 28.3 Å². The van der Waals surface area contributed by atoms with Crippen LogP contribution < -0.4 is 5.32 Å². The molecule has 0 spiro atoms. The van der Waals surface area contributed by atoms with Gasteiger partial charge in [0.25, 0.3) is 5.91 Å². The van der Waals surface area contributed by atoms with E-state index in [1.807, 2.05) is 25.7 Å². The highest BCUT2D eigenvalue weighted by Crippen LogP contribution is 2.62. The Bertz CT molecular complexity index is 1030. The van der Waals surface area contributed by atoms with Crippen molar-refractivity contribution < 1.29 is 24.2 Å². The molecule has 0 radical (unpaired) electrons. The fourth-order valence-corrected chi connectivity index (χ4v) is 7.21. The summed E-state index contributed by atoms with van der Waals surface area (Å²) in [7, 11) is 0. The zero-order valence-corrected chi connectivity index (χ0v) is 21.2. The molecule has 0 aromatic carbocycles. The van der Waals surface area contributed by atoms with Crippen molar-refractivity contribution in [3.8, 4) is 0 Å². The molecule has 0 aliphatic heterocycles. The lowest BCUT2D eigenvalue weighted by Crippen LogP contribution is -2.57. The van der Waals surface area contributed by atoms with Gasteiger partial charge in [-0.25, -0.2) is 4.98 Å². The predicted molar refractivity (Wildman–Crippen MR) is 130 cm³/mol. The summed E-state index contributed by atoms with van der Waals surface area (Å²) in [5.74, 6) is -0.277. The zero-order valence-electron chi connectivity index (χ0n) is 20.3. The number of nitrogens with zero attached hydrogens (tertiary/aromatic N) is 2. The van der Waals surface area contributed by atoms with Crippen LogP contribution in [0.15, 0.2) is 22.8 Å². The molecule has 2 aromatic heterocycles. The molecular weight excluding hydrogens is 454 g/mol. The predicted octanol–water partition coefficient (Wildman–Crippen LogP) is 3.66. The summed E-state index contributed by atoms with van der Waals surface area (Å²) in [6.07, 6.45) is 3.11. The lowest BCUT2D eigenvalue weighted by molar-refractivity contribution is -0.147. The molecule has 0 unspecified atom stereocenters. The zero-order chi connectivity index (χ0) is 24.7. The maximum absolute atomic E-state index is 13.3. The van der Waals surface area contributed by atoms with Crippen molar-refractivity contribution in [2.45, 2.75) is 65.4 Å². The van der Waals surface area contributed by atoms with Gasteiger partial charge in [-0.3, -0.25) is 14.9 Å². The third-order valence-electron chi connectivity index (χ3n) is 8.35. The van der Waals surface area contributed by atoms with E-state index in [-0.39, 0.29) is 41.4 Å². The highest BCUT2D eigenvalue weighted by atomic mass is 32.1. The standard InChI is InChI=1S/C25H35N3O5S/c1-5-28(6-2)20(31)12-15-21-17(34-23(26-21)27-22(32)16-8-7-11-33-16)13-18-24(15,3)10-9-19(30)25(18,4)14-29/h7-8,11,15,18-19,29-30H,5-6,9-10,12-14H2,1-4H3,(H,26,27,32)/t15-,18+,19+,24-,25-/m0/s1. The number of rotatable bonds is 7. The van der Waals surface area contributed by atoms with Gasteiger partial charge in [0.15, 0.2) is 10.9 Å². The normalized spacial score (nSPS) is 30.4. The molecule has 0 bridgehead atoms. The summed E-state index contributed by atoms with van der Waals surface area (Å²) in [6.45, 7) is 9.25. The Balaban J connectivity index is 1.74. The quantitative estimate of drug-likeness (QED) is 0.547. The number of aromatic nitrogens is 1. The van der Waals surface area contributed by atoms with E-state index in [9.17, 15) is 19.8 Å². The van der Waals surface area contributed by atoms with E-state index in [0.717, 1.165) is 17.0 Å². The number of carbonyl (C=O) groups excluding carboxylic acids is 2. The molecule has 3 N–H and O–H groups in total. The van der Waals surface area contributed by atoms with Crippen LogP contribution in [-0.2, 0) is 11.2 Å². The molecule has 1 fully saturated rings. The largest absolute Gasteiger partial charge is 0.459 e. The van der Waals surface area contributed by atoms with Crippen LogP contribution in [0.4, 0.5) is 5.13 Å². The molecule has 0 saturated heterocycles. The van der Waals surface area contributed by atoms with Gasteiger partial charge in [0, 0.05) is 35.7 Å². The Morgan fingerprint density at radius 2 is 2.06 bits per heavy atom. The van der Waals surface area contributed by atoms with E-state index in [1.165, 1.54) is 17.6 Å². The summed E-state index contributed by atoms with van der Waals surface area (Å²) in [6, 6.07) is 3.25. The first-order valence-corrected chi connectivity index (χ1v) is 12.9. The second kappa shape index (κ2) is 9.43. The van der Waals surface area contributed by atoms with Crippen LogP contribution in [0.5, 0.6) is 0 Å². The number of amides is 2. The maximum atomic E-state index is 13.3. The fourth-order valence-electron chi connectivity index (χ4n) is 6.15. The lowest BCUT2D eigenvalue weighted by atomic mass is 9.47. The third-order valence-corrected chi connectivity index (χ3v) is 9.36. The van der Waals surface area contributed by atoms with E-state index < -0.39 is 11.5 Å². The van der Waals surface area contributed by atoms with E-state index in [4.69, 9.17) is 9.40 Å². The monoisotopic (exact) mass is 489 g/mol. The minimum absolute atomic E-state index is 0.0233. The van der Waals surface area contributed by atoms with Gasteiger partial charge in [-0.15, -0.1) is 11.3 Å². The number of anilines is 1. The molecule has 2 heterocycles. The number of furan rings is 1. The molecule has 2 aromatic rings. The van der Waals surface area contributed by atoms with Crippen LogP contribution in [0.2, 0.25) is 0 Å². The number of thiazole rings is 1. The van der Waals surface area contributed by atoms with Crippen LogP contribution in [0.25, 0.3) is 0 Å². The summed E-state index contributed by atoms with van der Waals surface area (Å²) >= 11 is 1.41. The number of aliphatic hydroxyl groups excluding tert-OH is 2. The Morgan fingerprint density at radius 3 is 2.68 bits per heavy atom. The Morgan fingerprint density at radius 1 is 1.32 bits per heavy atom. The topological polar surface area (TPSA) is 116 Å². The van der Waals surface area contributed by atoms with Crippen molar-refractivity contribution in [1.29, 1.82) is 0 Å². The third kappa shape index (κ3) is 4.07. The number of nitrogens with one attached hydrogen (secondary N) is 1. The van der Waals surface area contributed by atoms with Gasteiger partial charge in [0.2, 0.25) is 5.91 Å². The van der Waals surface area contributed by atoms with Gasteiger partial charge in [-0.05, 0) is 56.6 Å². The molecule has 8 nitrogen and oxygen atoms in total. The van der Waals surface area contributed by atoms with Crippen molar-refractivity contribution in [2.24, 2.45) is 16.7 Å². The fraction of sp³-hybridized carbons (Fsp3) is 0.640. The molecule has 9 heteroatoms. The Hall–Kier alpha value is -2.23. The number of hydrogen-bond donors (Lipinski definition) is 3. The average molecular weight is 490 g/mol. The first kappa shape index (κ1) is 24.9. The van der Waals surface area contributed by atoms with Crippen LogP contribution in [0.3, 0.4) is 0 Å². The molecule has 34 heavy (non-hydrogen) atoms. The molecule has 2 aliphatic rings. The Kier molecular flexibility index (Phi) is 6.90. The van der Waals surface area contributed by atoms with Crippen molar-refractivity contribution in [3.63, 3.8) is 0 Å². The first-order chi connectivity index (χ1) is 16.2. The van der Waals surface area contributed by atoms with Crippen LogP contribution in [-0.4, -0.2) is 57.7 Å². The van der Waals surface area contributed by atoms with Gasteiger partial charge >= 0.3 is 0 Å². The summed E-state index contributed by atoms with van der Waals surface area (Å²) in [4.78, 5) is 33.5. The van der Waals surface area contributed by atoms with Gasteiger partial charge in [0.1, 0.15) is 0 Å². The van der Waals surface area contributed by atoms with E-state index in [2.05, 4.69) is 12.2 Å². The van der Waals surface area contributed by atoms with Gasteiger partial charge in [0.05, 0.1) is 24.7 Å². The van der Waals surface area contributed by atoms with Gasteiger partial charge in [-0.1, -0.05) is 13.8 Å². The summed E-state index contributed by atoms with van der Waals surface area (Å²) in [5, 5.41) is 24.6. The lowest BCUT2D eigenvalue weighted by Gasteiger charge is -2.58.